The van der Waals surface area contributed by atoms with Crippen LogP contribution in [0.2, 0.25) is 0 Å². The molecule has 0 saturated carbocycles. The van der Waals surface area contributed by atoms with Crippen molar-refractivity contribution < 1.29 is 33.2 Å². The highest BCUT2D eigenvalue weighted by Crippen LogP contribution is 2.44. The molecule has 0 spiro atoms. The minimum absolute atomic E-state index is 0.604. The first-order chi connectivity index (χ1) is 17.5. The summed E-state index contributed by atoms with van der Waals surface area (Å²) in [5.41, 5.74) is 4.37. The minimum atomic E-state index is 0.604. The number of aryl methyl sites for hydroxylation is 4. The molecule has 0 bridgehead atoms. The van der Waals surface area contributed by atoms with E-state index in [2.05, 4.69) is 6.07 Å². The zero-order chi connectivity index (χ0) is 26.1. The second kappa shape index (κ2) is 12.8. The predicted octanol–water partition coefficient (Wildman–Crippen LogP) is 5.32. The van der Waals surface area contributed by atoms with E-state index in [1.807, 2.05) is 36.4 Å². The standard InChI is InChI=1S/C29H36O7/c1-30-23-14-10-19(16-25(23)32-3)8-12-21-18-22(28(35-6)29(36-7)27(21)34-5)13-9-20-11-15-24(31-2)26(17-20)33-4/h10-11,14-18H,8-9,12-13H2,1-7H3. The molecule has 36 heavy (non-hydrogen) atoms. The Morgan fingerprint density at radius 3 is 1.11 bits per heavy atom. The molecule has 0 aliphatic rings. The predicted molar refractivity (Wildman–Crippen MR) is 140 cm³/mol. The van der Waals surface area contributed by atoms with Gasteiger partial charge >= 0.3 is 0 Å². The molecular weight excluding hydrogens is 460 g/mol. The molecule has 0 atom stereocenters. The number of methoxy groups -OCH3 is 7. The molecule has 0 aliphatic carbocycles. The van der Waals surface area contributed by atoms with Crippen LogP contribution in [0.5, 0.6) is 40.2 Å². The van der Waals surface area contributed by atoms with Crippen molar-refractivity contribution >= 4 is 0 Å². The molecule has 0 N–H and O–H groups in total. The van der Waals surface area contributed by atoms with Crippen LogP contribution in [0.3, 0.4) is 0 Å². The van der Waals surface area contributed by atoms with Gasteiger partial charge < -0.3 is 33.2 Å². The van der Waals surface area contributed by atoms with Gasteiger partial charge in [-0.1, -0.05) is 12.1 Å². The molecule has 3 rings (SSSR count). The van der Waals surface area contributed by atoms with Crippen LogP contribution in [0.15, 0.2) is 42.5 Å². The van der Waals surface area contributed by atoms with Gasteiger partial charge in [0, 0.05) is 0 Å². The van der Waals surface area contributed by atoms with Crippen molar-refractivity contribution in [3.63, 3.8) is 0 Å². The van der Waals surface area contributed by atoms with Crippen LogP contribution in [0, 0.1) is 0 Å². The van der Waals surface area contributed by atoms with Gasteiger partial charge in [-0.05, 0) is 78.3 Å². The van der Waals surface area contributed by atoms with E-state index < -0.39 is 0 Å². The first-order valence-electron chi connectivity index (χ1n) is 11.8. The summed E-state index contributed by atoms with van der Waals surface area (Å²) < 4.78 is 38.9. The van der Waals surface area contributed by atoms with E-state index >= 15 is 0 Å². The summed E-state index contributed by atoms with van der Waals surface area (Å²) in [5, 5.41) is 0. The average Bonchev–Trinajstić information content (AvgIpc) is 2.93. The monoisotopic (exact) mass is 496 g/mol. The summed E-state index contributed by atoms with van der Waals surface area (Å²) in [4.78, 5) is 0. The van der Waals surface area contributed by atoms with E-state index in [1.54, 1.807) is 49.8 Å². The van der Waals surface area contributed by atoms with Crippen LogP contribution in [0.25, 0.3) is 0 Å². The molecule has 3 aromatic rings. The zero-order valence-electron chi connectivity index (χ0n) is 22.2. The molecule has 0 saturated heterocycles. The van der Waals surface area contributed by atoms with Gasteiger partial charge in [0.25, 0.3) is 0 Å². The SMILES string of the molecule is COc1ccc(CCc2cc(CCc3ccc(OC)c(OC)c3)c(OC)c(OC)c2OC)cc1OC. The Balaban J connectivity index is 1.90. The summed E-state index contributed by atoms with van der Waals surface area (Å²) in [5.74, 6) is 4.82. The molecule has 7 nitrogen and oxygen atoms in total. The Morgan fingerprint density at radius 1 is 0.389 bits per heavy atom. The maximum atomic E-state index is 5.77. The maximum absolute atomic E-state index is 5.77. The van der Waals surface area contributed by atoms with Crippen LogP contribution < -0.4 is 33.2 Å². The lowest BCUT2D eigenvalue weighted by atomic mass is 9.96. The number of benzene rings is 3. The molecule has 194 valence electrons. The lowest BCUT2D eigenvalue weighted by Gasteiger charge is -2.20. The van der Waals surface area contributed by atoms with Crippen molar-refractivity contribution in [3.8, 4) is 40.2 Å². The van der Waals surface area contributed by atoms with Crippen molar-refractivity contribution in [1.29, 1.82) is 0 Å². The molecule has 0 aromatic heterocycles. The average molecular weight is 497 g/mol. The Hall–Kier alpha value is -3.74. The number of hydrogen-bond acceptors (Lipinski definition) is 7. The van der Waals surface area contributed by atoms with Gasteiger partial charge in [-0.25, -0.2) is 0 Å². The van der Waals surface area contributed by atoms with Gasteiger partial charge in [-0.2, -0.15) is 0 Å². The van der Waals surface area contributed by atoms with E-state index in [1.165, 1.54) is 0 Å². The summed E-state index contributed by atoms with van der Waals surface area (Å²) >= 11 is 0. The van der Waals surface area contributed by atoms with Gasteiger partial charge in [-0.3, -0.25) is 0 Å². The highest BCUT2D eigenvalue weighted by molar-refractivity contribution is 5.60. The number of hydrogen-bond donors (Lipinski definition) is 0. The molecule has 0 heterocycles. The normalized spacial score (nSPS) is 10.5. The molecule has 0 radical (unpaired) electrons. The number of rotatable bonds is 13. The van der Waals surface area contributed by atoms with E-state index in [-0.39, 0.29) is 0 Å². The lowest BCUT2D eigenvalue weighted by Crippen LogP contribution is -2.05. The van der Waals surface area contributed by atoms with Crippen LogP contribution >= 0.6 is 0 Å². The third kappa shape index (κ3) is 5.90. The van der Waals surface area contributed by atoms with Crippen LogP contribution in [-0.4, -0.2) is 49.8 Å². The van der Waals surface area contributed by atoms with E-state index in [4.69, 9.17) is 33.2 Å². The molecule has 0 amide bonds. The molecule has 0 aliphatic heterocycles. The molecule has 3 aromatic carbocycles. The largest absolute Gasteiger partial charge is 0.493 e. The molecular formula is C29H36O7. The molecule has 0 fully saturated rings. The second-order valence-electron chi connectivity index (χ2n) is 8.17. The van der Waals surface area contributed by atoms with Gasteiger partial charge in [0.2, 0.25) is 5.75 Å². The quantitative estimate of drug-likeness (QED) is 0.317. The Labute approximate surface area is 213 Å². The summed E-state index contributed by atoms with van der Waals surface area (Å²) in [6, 6.07) is 14.1. The highest BCUT2D eigenvalue weighted by Gasteiger charge is 2.21. The molecule has 0 unspecified atom stereocenters. The second-order valence-corrected chi connectivity index (χ2v) is 8.17. The summed E-state index contributed by atoms with van der Waals surface area (Å²) in [7, 11) is 11.5. The van der Waals surface area contributed by atoms with E-state index in [0.29, 0.717) is 40.2 Å². The van der Waals surface area contributed by atoms with Crippen LogP contribution in [-0.2, 0) is 25.7 Å². The fourth-order valence-electron chi connectivity index (χ4n) is 4.37. The zero-order valence-corrected chi connectivity index (χ0v) is 22.2. The fraction of sp³-hybridized carbons (Fsp3) is 0.379. The number of ether oxygens (including phenoxy) is 7. The van der Waals surface area contributed by atoms with Gasteiger partial charge in [0.15, 0.2) is 34.5 Å². The van der Waals surface area contributed by atoms with Crippen molar-refractivity contribution in [1.82, 2.24) is 0 Å². The first kappa shape index (κ1) is 26.9. The van der Waals surface area contributed by atoms with Crippen molar-refractivity contribution in [2.24, 2.45) is 0 Å². The van der Waals surface area contributed by atoms with Crippen molar-refractivity contribution in [2.45, 2.75) is 25.7 Å². The first-order valence-corrected chi connectivity index (χ1v) is 11.8. The van der Waals surface area contributed by atoms with Gasteiger partial charge in [-0.15, -0.1) is 0 Å². The smallest absolute Gasteiger partial charge is 0.203 e. The lowest BCUT2D eigenvalue weighted by molar-refractivity contribution is 0.320. The van der Waals surface area contributed by atoms with Crippen molar-refractivity contribution in [3.05, 3.63) is 64.7 Å². The van der Waals surface area contributed by atoms with E-state index in [9.17, 15) is 0 Å². The third-order valence-electron chi connectivity index (χ3n) is 6.22. The van der Waals surface area contributed by atoms with Crippen molar-refractivity contribution in [2.75, 3.05) is 49.8 Å². The fourth-order valence-corrected chi connectivity index (χ4v) is 4.37. The summed E-state index contributed by atoms with van der Waals surface area (Å²) in [6.45, 7) is 0. The third-order valence-corrected chi connectivity index (χ3v) is 6.22. The maximum Gasteiger partial charge on any atom is 0.203 e. The highest BCUT2D eigenvalue weighted by atomic mass is 16.5. The van der Waals surface area contributed by atoms with Gasteiger partial charge in [0.05, 0.1) is 49.8 Å². The minimum Gasteiger partial charge on any atom is -0.493 e. The summed E-state index contributed by atoms with van der Waals surface area (Å²) in [6.07, 6.45) is 3.09. The van der Waals surface area contributed by atoms with Crippen LogP contribution in [0.1, 0.15) is 22.3 Å². The van der Waals surface area contributed by atoms with Crippen LogP contribution in [0.4, 0.5) is 0 Å². The van der Waals surface area contributed by atoms with Gasteiger partial charge in [0.1, 0.15) is 0 Å². The molecule has 7 heteroatoms. The Kier molecular flexibility index (Phi) is 9.56. The van der Waals surface area contributed by atoms with E-state index in [0.717, 1.165) is 47.9 Å². The Bertz CT molecular complexity index is 1070. The Morgan fingerprint density at radius 2 is 0.778 bits per heavy atom. The topological polar surface area (TPSA) is 64.6 Å².